The molecule has 3 aromatic carbocycles. The van der Waals surface area contributed by atoms with Crippen molar-refractivity contribution in [2.75, 3.05) is 6.61 Å². The molecule has 0 saturated carbocycles. The van der Waals surface area contributed by atoms with Crippen LogP contribution in [0.25, 0.3) is 0 Å². The van der Waals surface area contributed by atoms with E-state index in [2.05, 4.69) is 29.6 Å². The van der Waals surface area contributed by atoms with Crippen molar-refractivity contribution in [2.45, 2.75) is 32.5 Å². The summed E-state index contributed by atoms with van der Waals surface area (Å²) in [6, 6.07) is 20.0. The number of nitrogens with zero attached hydrogens (tertiary/aromatic N) is 1. The molecule has 30 heavy (non-hydrogen) atoms. The van der Waals surface area contributed by atoms with Gasteiger partial charge in [0.15, 0.2) is 11.5 Å². The second-order valence-electron chi connectivity index (χ2n) is 7.45. The van der Waals surface area contributed by atoms with Crippen LogP contribution in [-0.4, -0.2) is 17.4 Å². The molecule has 2 atom stereocenters. The Kier molecular flexibility index (Phi) is 5.81. The fourth-order valence-corrected chi connectivity index (χ4v) is 3.77. The molecule has 0 bridgehead atoms. The summed E-state index contributed by atoms with van der Waals surface area (Å²) in [5.41, 5.74) is 4.59. The Morgan fingerprint density at radius 2 is 1.87 bits per heavy atom. The van der Waals surface area contributed by atoms with Gasteiger partial charge in [-0.3, -0.25) is 10.3 Å². The van der Waals surface area contributed by atoms with E-state index in [-0.39, 0.29) is 17.6 Å². The highest BCUT2D eigenvalue weighted by atomic mass is 19.1. The number of halogens is 1. The highest BCUT2D eigenvalue weighted by molar-refractivity contribution is 6.01. The Bertz CT molecular complexity index is 1060. The molecule has 154 valence electrons. The van der Waals surface area contributed by atoms with Gasteiger partial charge in [0, 0.05) is 23.7 Å². The normalized spacial score (nSPS) is 18.7. The summed E-state index contributed by atoms with van der Waals surface area (Å²) in [7, 11) is 0. The molecule has 5 heteroatoms. The third-order valence-electron chi connectivity index (χ3n) is 5.30. The van der Waals surface area contributed by atoms with E-state index >= 15 is 0 Å². The van der Waals surface area contributed by atoms with Gasteiger partial charge in [-0.2, -0.15) is 0 Å². The van der Waals surface area contributed by atoms with E-state index in [1.165, 1.54) is 17.7 Å². The van der Waals surface area contributed by atoms with Gasteiger partial charge < -0.3 is 9.84 Å². The first kappa shape index (κ1) is 20.1. The molecule has 0 saturated heterocycles. The van der Waals surface area contributed by atoms with Gasteiger partial charge in [-0.15, -0.1) is 0 Å². The third kappa shape index (κ3) is 4.21. The summed E-state index contributed by atoms with van der Waals surface area (Å²) >= 11 is 0. The number of benzene rings is 3. The minimum absolute atomic E-state index is 0.125. The number of rotatable bonds is 5. The van der Waals surface area contributed by atoms with Crippen LogP contribution in [0.3, 0.4) is 0 Å². The van der Waals surface area contributed by atoms with Crippen LogP contribution in [0.5, 0.6) is 11.5 Å². The van der Waals surface area contributed by atoms with Gasteiger partial charge in [0.1, 0.15) is 12.0 Å². The van der Waals surface area contributed by atoms with Gasteiger partial charge in [0.2, 0.25) is 0 Å². The monoisotopic (exact) mass is 404 g/mol. The van der Waals surface area contributed by atoms with Gasteiger partial charge in [-0.25, -0.2) is 4.39 Å². The van der Waals surface area contributed by atoms with Crippen molar-refractivity contribution in [3.63, 3.8) is 0 Å². The van der Waals surface area contributed by atoms with Crippen LogP contribution in [0.15, 0.2) is 71.7 Å². The fourth-order valence-electron chi connectivity index (χ4n) is 3.77. The maximum absolute atomic E-state index is 13.9. The highest BCUT2D eigenvalue weighted by Crippen LogP contribution is 2.38. The number of para-hydroxylation sites is 1. The number of aromatic hydroxyl groups is 1. The minimum Gasteiger partial charge on any atom is -0.504 e. The van der Waals surface area contributed by atoms with Gasteiger partial charge in [0.05, 0.1) is 6.61 Å². The summed E-state index contributed by atoms with van der Waals surface area (Å²) in [5, 5.41) is 14.3. The van der Waals surface area contributed by atoms with Crippen LogP contribution >= 0.6 is 0 Å². The van der Waals surface area contributed by atoms with Crippen LogP contribution in [0.4, 0.5) is 4.39 Å². The van der Waals surface area contributed by atoms with Crippen molar-refractivity contribution in [3.05, 3.63) is 94.8 Å². The molecule has 1 aliphatic rings. The van der Waals surface area contributed by atoms with Crippen molar-refractivity contribution in [2.24, 2.45) is 4.99 Å². The lowest BCUT2D eigenvalue weighted by Gasteiger charge is -2.31. The first-order chi connectivity index (χ1) is 14.5. The third-order valence-corrected chi connectivity index (χ3v) is 5.30. The zero-order chi connectivity index (χ0) is 21.1. The van der Waals surface area contributed by atoms with E-state index in [0.717, 1.165) is 22.4 Å². The highest BCUT2D eigenvalue weighted by Gasteiger charge is 2.28. The Morgan fingerprint density at radius 1 is 1.10 bits per heavy atom. The predicted octanol–water partition coefficient (Wildman–Crippen LogP) is 5.46. The molecule has 4 rings (SSSR count). The Labute approximate surface area is 176 Å². The average Bonchev–Trinajstić information content (AvgIpc) is 2.75. The Morgan fingerprint density at radius 3 is 2.60 bits per heavy atom. The standard InChI is InChI=1S/C25H25FN2O2/c1-3-30-23-9-5-8-20(24(23)29)22-15-21(17-12-10-16(2)11-13-17)27-25(28-22)18-6-4-7-19(26)14-18/h4-14,22,25,28-29H,3,15H2,1-2H3/t22-,25-/m1/s1. The number of nitrogens with one attached hydrogen (secondary N) is 1. The van der Waals surface area contributed by atoms with E-state index < -0.39 is 6.17 Å². The van der Waals surface area contributed by atoms with Crippen LogP contribution < -0.4 is 10.1 Å². The molecule has 0 fully saturated rings. The number of phenols is 1. The molecule has 0 spiro atoms. The summed E-state index contributed by atoms with van der Waals surface area (Å²) < 4.78 is 19.4. The lowest BCUT2D eigenvalue weighted by atomic mass is 9.93. The molecule has 0 unspecified atom stereocenters. The molecule has 1 aliphatic heterocycles. The fraction of sp³-hybridized carbons (Fsp3) is 0.240. The lowest BCUT2D eigenvalue weighted by Crippen LogP contribution is -2.33. The Hall–Kier alpha value is -3.18. The maximum atomic E-state index is 13.9. The summed E-state index contributed by atoms with van der Waals surface area (Å²) in [4.78, 5) is 4.88. The first-order valence-corrected chi connectivity index (χ1v) is 10.1. The molecule has 0 amide bonds. The number of ether oxygens (including phenoxy) is 1. The number of aryl methyl sites for hydroxylation is 1. The molecule has 2 N–H and O–H groups in total. The van der Waals surface area contributed by atoms with Gasteiger partial charge in [-0.1, -0.05) is 54.1 Å². The summed E-state index contributed by atoms with van der Waals surface area (Å²) in [6.07, 6.45) is 0.170. The number of hydrogen-bond donors (Lipinski definition) is 2. The molecule has 0 radical (unpaired) electrons. The van der Waals surface area contributed by atoms with Gasteiger partial charge in [-0.05, 0) is 43.2 Å². The van der Waals surface area contributed by atoms with E-state index in [1.54, 1.807) is 12.1 Å². The zero-order valence-corrected chi connectivity index (χ0v) is 17.1. The van der Waals surface area contributed by atoms with Crippen molar-refractivity contribution >= 4 is 5.71 Å². The molecule has 0 aliphatic carbocycles. The molecule has 1 heterocycles. The smallest absolute Gasteiger partial charge is 0.162 e. The summed E-state index contributed by atoms with van der Waals surface area (Å²) in [6.45, 7) is 4.40. The number of phenolic OH excluding ortho intramolecular Hbond substituents is 1. The SMILES string of the molecule is CCOc1cccc([C@H]2CC(c3ccc(C)cc3)=N[C@@H](c3cccc(F)c3)N2)c1O. The van der Waals surface area contributed by atoms with Crippen molar-refractivity contribution in [3.8, 4) is 11.5 Å². The van der Waals surface area contributed by atoms with Gasteiger partial charge >= 0.3 is 0 Å². The van der Waals surface area contributed by atoms with Crippen molar-refractivity contribution < 1.29 is 14.2 Å². The summed E-state index contributed by atoms with van der Waals surface area (Å²) in [5.74, 6) is 0.281. The number of aliphatic imine (C=N–C) groups is 1. The molecule has 3 aromatic rings. The largest absolute Gasteiger partial charge is 0.504 e. The number of hydrogen-bond acceptors (Lipinski definition) is 4. The molecule has 0 aromatic heterocycles. The maximum Gasteiger partial charge on any atom is 0.162 e. The molecule has 4 nitrogen and oxygen atoms in total. The van der Waals surface area contributed by atoms with Crippen molar-refractivity contribution in [1.29, 1.82) is 0 Å². The molecular weight excluding hydrogens is 379 g/mol. The average molecular weight is 404 g/mol. The van der Waals surface area contributed by atoms with E-state index in [1.807, 2.05) is 32.0 Å². The minimum atomic E-state index is -0.425. The van der Waals surface area contributed by atoms with E-state index in [0.29, 0.717) is 18.8 Å². The zero-order valence-electron chi connectivity index (χ0n) is 17.1. The van der Waals surface area contributed by atoms with Crippen LogP contribution in [0, 0.1) is 12.7 Å². The van der Waals surface area contributed by atoms with Crippen LogP contribution in [0.2, 0.25) is 0 Å². The van der Waals surface area contributed by atoms with Crippen molar-refractivity contribution in [1.82, 2.24) is 5.32 Å². The van der Waals surface area contributed by atoms with Crippen LogP contribution in [-0.2, 0) is 0 Å². The quantitative estimate of drug-likeness (QED) is 0.594. The lowest BCUT2D eigenvalue weighted by molar-refractivity contribution is 0.313. The first-order valence-electron chi connectivity index (χ1n) is 10.1. The predicted molar refractivity (Wildman–Crippen MR) is 117 cm³/mol. The Balaban J connectivity index is 1.75. The van der Waals surface area contributed by atoms with E-state index in [4.69, 9.17) is 9.73 Å². The molecular formula is C25H25FN2O2. The van der Waals surface area contributed by atoms with Gasteiger partial charge in [0.25, 0.3) is 0 Å². The topological polar surface area (TPSA) is 53.8 Å². The van der Waals surface area contributed by atoms with Crippen LogP contribution in [0.1, 0.15) is 47.8 Å². The van der Waals surface area contributed by atoms with E-state index in [9.17, 15) is 9.50 Å². The second-order valence-corrected chi connectivity index (χ2v) is 7.45. The second kappa shape index (κ2) is 8.67.